The molecule has 11 heteroatoms. The van der Waals surface area contributed by atoms with Gasteiger partial charge in [0.2, 0.25) is 5.91 Å². The highest BCUT2D eigenvalue weighted by Crippen LogP contribution is 2.39. The standard InChI is InChI=1S/C11H10N2O3.C8H6FNO4/c14-11-6-7-5-9(13(15)16)3-4-10(7)12(11)8-1-2-8;9-7-2-1-6(10(13)14)3-5(7)4-8(11)12/h3-5,8H,1-2,6H2;1-3H,4H2,(H,11,12). The summed E-state index contributed by atoms with van der Waals surface area (Å²) in [5.74, 6) is -1.92. The molecule has 1 saturated carbocycles. The predicted molar refractivity (Wildman–Crippen MR) is 102 cm³/mol. The molecule has 0 radical (unpaired) electrons. The van der Waals surface area contributed by atoms with Gasteiger partial charge < -0.3 is 10.0 Å². The molecule has 1 aliphatic heterocycles. The van der Waals surface area contributed by atoms with Crippen LogP contribution in [-0.2, 0) is 22.4 Å². The number of benzene rings is 2. The van der Waals surface area contributed by atoms with Crippen molar-refractivity contribution in [2.45, 2.75) is 31.7 Å². The van der Waals surface area contributed by atoms with Crippen LogP contribution in [0.5, 0.6) is 0 Å². The third-order valence-corrected chi connectivity index (χ3v) is 4.64. The number of carboxylic acids is 1. The number of nitrogens with zero attached hydrogens (tertiary/aromatic N) is 3. The smallest absolute Gasteiger partial charge is 0.307 e. The lowest BCUT2D eigenvalue weighted by Crippen LogP contribution is -2.28. The van der Waals surface area contributed by atoms with E-state index in [0.29, 0.717) is 12.5 Å². The number of carbonyl (C=O) groups is 2. The van der Waals surface area contributed by atoms with Crippen LogP contribution >= 0.6 is 0 Å². The molecule has 1 fully saturated rings. The van der Waals surface area contributed by atoms with Gasteiger partial charge in [-0.3, -0.25) is 29.8 Å². The number of halogens is 1. The number of aliphatic carboxylic acids is 1. The van der Waals surface area contributed by atoms with Crippen LogP contribution in [-0.4, -0.2) is 32.9 Å². The second-order valence-electron chi connectivity index (χ2n) is 6.85. The number of amides is 1. The Morgan fingerprint density at radius 2 is 1.70 bits per heavy atom. The lowest BCUT2D eigenvalue weighted by atomic mass is 10.1. The lowest BCUT2D eigenvalue weighted by Gasteiger charge is -2.15. The van der Waals surface area contributed by atoms with Crippen molar-refractivity contribution in [2.75, 3.05) is 4.90 Å². The van der Waals surface area contributed by atoms with Gasteiger partial charge in [-0.25, -0.2) is 4.39 Å². The van der Waals surface area contributed by atoms with Gasteiger partial charge in [0.15, 0.2) is 0 Å². The summed E-state index contributed by atoms with van der Waals surface area (Å²) in [7, 11) is 0. The minimum atomic E-state index is -1.23. The Labute approximate surface area is 168 Å². The van der Waals surface area contributed by atoms with Gasteiger partial charge in [0.1, 0.15) is 5.82 Å². The van der Waals surface area contributed by atoms with Gasteiger partial charge in [0, 0.05) is 41.6 Å². The first-order chi connectivity index (χ1) is 14.2. The number of nitro benzene ring substituents is 2. The van der Waals surface area contributed by atoms with Crippen LogP contribution in [0.25, 0.3) is 0 Å². The zero-order chi connectivity index (χ0) is 22.0. The molecule has 1 aliphatic carbocycles. The van der Waals surface area contributed by atoms with Gasteiger partial charge in [-0.1, -0.05) is 0 Å². The summed E-state index contributed by atoms with van der Waals surface area (Å²) in [5.41, 5.74) is 1.20. The van der Waals surface area contributed by atoms with Gasteiger partial charge >= 0.3 is 5.97 Å². The van der Waals surface area contributed by atoms with E-state index in [9.17, 15) is 34.2 Å². The molecule has 1 N–H and O–H groups in total. The highest BCUT2D eigenvalue weighted by molar-refractivity contribution is 6.02. The van der Waals surface area contributed by atoms with Crippen molar-refractivity contribution in [1.82, 2.24) is 0 Å². The maximum atomic E-state index is 12.9. The molecular formula is C19H16FN3O7. The van der Waals surface area contributed by atoms with E-state index in [1.54, 1.807) is 11.0 Å². The van der Waals surface area contributed by atoms with Gasteiger partial charge in [-0.05, 0) is 30.5 Å². The maximum Gasteiger partial charge on any atom is 0.307 e. The Kier molecular flexibility index (Phi) is 5.72. The molecule has 2 aromatic rings. The fraction of sp³-hybridized carbons (Fsp3) is 0.263. The van der Waals surface area contributed by atoms with E-state index in [2.05, 4.69) is 0 Å². The molecule has 1 heterocycles. The molecule has 10 nitrogen and oxygen atoms in total. The van der Waals surface area contributed by atoms with E-state index in [1.807, 2.05) is 0 Å². The molecule has 4 rings (SSSR count). The van der Waals surface area contributed by atoms with E-state index in [4.69, 9.17) is 5.11 Å². The summed E-state index contributed by atoms with van der Waals surface area (Å²) in [6.45, 7) is 0. The fourth-order valence-corrected chi connectivity index (χ4v) is 3.15. The normalized spacial score (nSPS) is 14.6. The SMILES string of the molecule is O=C(O)Cc1cc([N+](=O)[O-])ccc1F.O=C1Cc2cc([N+](=O)[O-])ccc2N1C1CC1. The minimum absolute atomic E-state index is 0.0594. The van der Waals surface area contributed by atoms with Crippen molar-refractivity contribution >= 4 is 28.9 Å². The summed E-state index contributed by atoms with van der Waals surface area (Å²) < 4.78 is 12.9. The highest BCUT2D eigenvalue weighted by atomic mass is 19.1. The molecule has 1 amide bonds. The van der Waals surface area contributed by atoms with Crippen LogP contribution in [0.15, 0.2) is 36.4 Å². The molecular weight excluding hydrogens is 401 g/mol. The second kappa shape index (κ2) is 8.23. The quantitative estimate of drug-likeness (QED) is 0.581. The number of fused-ring (bicyclic) bond motifs is 1. The largest absolute Gasteiger partial charge is 0.481 e. The average molecular weight is 417 g/mol. The Balaban J connectivity index is 0.000000173. The van der Waals surface area contributed by atoms with Crippen molar-refractivity contribution in [1.29, 1.82) is 0 Å². The minimum Gasteiger partial charge on any atom is -0.481 e. The maximum absolute atomic E-state index is 12.9. The number of hydrogen-bond acceptors (Lipinski definition) is 6. The van der Waals surface area contributed by atoms with Gasteiger partial charge in [-0.15, -0.1) is 0 Å². The van der Waals surface area contributed by atoms with Crippen molar-refractivity contribution in [3.63, 3.8) is 0 Å². The molecule has 0 aromatic heterocycles. The third kappa shape index (κ3) is 4.57. The van der Waals surface area contributed by atoms with Gasteiger partial charge in [0.25, 0.3) is 11.4 Å². The number of hydrogen-bond donors (Lipinski definition) is 1. The molecule has 0 saturated heterocycles. The van der Waals surface area contributed by atoms with Crippen molar-refractivity contribution in [2.24, 2.45) is 0 Å². The van der Waals surface area contributed by atoms with E-state index in [-0.39, 0.29) is 22.8 Å². The molecule has 0 atom stereocenters. The lowest BCUT2D eigenvalue weighted by molar-refractivity contribution is -0.385. The molecule has 30 heavy (non-hydrogen) atoms. The molecule has 0 bridgehead atoms. The van der Waals surface area contributed by atoms with Crippen LogP contribution in [0.2, 0.25) is 0 Å². The first-order valence-electron chi connectivity index (χ1n) is 8.91. The molecule has 0 spiro atoms. The molecule has 2 aliphatic rings. The van der Waals surface area contributed by atoms with Crippen LogP contribution in [0, 0.1) is 26.0 Å². The summed E-state index contributed by atoms with van der Waals surface area (Å²) in [6, 6.07) is 7.79. The zero-order valence-corrected chi connectivity index (χ0v) is 15.5. The van der Waals surface area contributed by atoms with Gasteiger partial charge in [-0.2, -0.15) is 0 Å². The molecule has 2 aromatic carbocycles. The average Bonchev–Trinajstić information content (AvgIpc) is 3.44. The highest BCUT2D eigenvalue weighted by Gasteiger charge is 2.39. The van der Waals surface area contributed by atoms with Gasteiger partial charge in [0.05, 0.1) is 22.7 Å². The Morgan fingerprint density at radius 3 is 2.27 bits per heavy atom. The number of rotatable bonds is 5. The Hall–Kier alpha value is -3.89. The van der Waals surface area contributed by atoms with E-state index in [0.717, 1.165) is 42.3 Å². The van der Waals surface area contributed by atoms with E-state index < -0.39 is 28.1 Å². The first-order valence-corrected chi connectivity index (χ1v) is 8.91. The number of non-ortho nitro benzene ring substituents is 2. The monoisotopic (exact) mass is 417 g/mol. The van der Waals surface area contributed by atoms with Crippen LogP contribution < -0.4 is 4.90 Å². The molecule has 0 unspecified atom stereocenters. The third-order valence-electron chi connectivity index (χ3n) is 4.64. The molecule has 156 valence electrons. The zero-order valence-electron chi connectivity index (χ0n) is 15.5. The number of nitro groups is 2. The van der Waals surface area contributed by atoms with E-state index in [1.165, 1.54) is 12.1 Å². The van der Waals surface area contributed by atoms with Crippen molar-refractivity contribution < 1.29 is 28.9 Å². The van der Waals surface area contributed by atoms with Crippen LogP contribution in [0.3, 0.4) is 0 Å². The van der Waals surface area contributed by atoms with Crippen LogP contribution in [0.4, 0.5) is 21.5 Å². The number of carbonyl (C=O) groups excluding carboxylic acids is 1. The summed E-state index contributed by atoms with van der Waals surface area (Å²) in [4.78, 5) is 43.6. The Morgan fingerprint density at radius 1 is 1.10 bits per heavy atom. The topological polar surface area (TPSA) is 144 Å². The van der Waals surface area contributed by atoms with Crippen molar-refractivity contribution in [3.05, 3.63) is 73.6 Å². The number of anilines is 1. The summed E-state index contributed by atoms with van der Waals surface area (Å²) in [6.07, 6.45) is 1.82. The van der Waals surface area contributed by atoms with Crippen molar-refractivity contribution in [3.8, 4) is 0 Å². The first kappa shape index (κ1) is 20.8. The second-order valence-corrected chi connectivity index (χ2v) is 6.85. The Bertz CT molecular complexity index is 1050. The summed E-state index contributed by atoms with van der Waals surface area (Å²) >= 11 is 0. The number of carboxylic acid groups (broad SMARTS) is 1. The van der Waals surface area contributed by atoms with E-state index >= 15 is 0 Å². The predicted octanol–water partition coefficient (Wildman–Crippen LogP) is 3.01. The summed E-state index contributed by atoms with van der Waals surface area (Å²) in [5, 5.41) is 29.3. The van der Waals surface area contributed by atoms with Crippen LogP contribution in [0.1, 0.15) is 24.0 Å². The fourth-order valence-electron chi connectivity index (χ4n) is 3.15.